The molecule has 0 aromatic rings. The molecule has 1 aliphatic heterocycles. The Labute approximate surface area is 89.7 Å². The highest BCUT2D eigenvalue weighted by atomic mass is 16.4. The van der Waals surface area contributed by atoms with Crippen molar-refractivity contribution in [1.29, 1.82) is 0 Å². The number of piperidine rings is 1. The predicted octanol–water partition coefficient (Wildman–Crippen LogP) is 0.853. The van der Waals surface area contributed by atoms with Crippen LogP contribution >= 0.6 is 0 Å². The molecule has 1 N–H and O–H groups in total. The van der Waals surface area contributed by atoms with E-state index in [9.17, 15) is 9.59 Å². The van der Waals surface area contributed by atoms with E-state index in [-0.39, 0.29) is 6.03 Å². The molecule has 86 valence electrons. The van der Waals surface area contributed by atoms with Gasteiger partial charge in [0, 0.05) is 20.6 Å². The molecule has 5 nitrogen and oxygen atoms in total. The first-order valence-corrected chi connectivity index (χ1v) is 5.14. The van der Waals surface area contributed by atoms with Crippen LogP contribution in [0.2, 0.25) is 0 Å². The largest absolute Gasteiger partial charge is 0.480 e. The molecule has 0 saturated carbocycles. The highest BCUT2D eigenvalue weighted by molar-refractivity contribution is 5.82. The number of likely N-dealkylation sites (tertiary alicyclic amines) is 1. The highest BCUT2D eigenvalue weighted by Gasteiger charge is 2.35. The monoisotopic (exact) mass is 214 g/mol. The minimum absolute atomic E-state index is 0.214. The van der Waals surface area contributed by atoms with Gasteiger partial charge in [-0.15, -0.1) is 0 Å². The third kappa shape index (κ3) is 2.61. The first-order valence-electron chi connectivity index (χ1n) is 5.14. The molecule has 2 unspecified atom stereocenters. The van der Waals surface area contributed by atoms with E-state index in [1.54, 1.807) is 14.1 Å². The molecule has 1 rings (SSSR count). The van der Waals surface area contributed by atoms with Crippen LogP contribution in [0.15, 0.2) is 0 Å². The molecule has 1 saturated heterocycles. The summed E-state index contributed by atoms with van der Waals surface area (Å²) in [5.74, 6) is -0.533. The third-order valence-corrected chi connectivity index (χ3v) is 2.78. The molecule has 2 atom stereocenters. The summed E-state index contributed by atoms with van der Waals surface area (Å²) in [7, 11) is 3.28. The minimum atomic E-state index is -0.906. The SMILES string of the molecule is CC1CCN(C(=O)N(C)C)C(C(=O)O)C1. The molecule has 0 aliphatic carbocycles. The smallest absolute Gasteiger partial charge is 0.326 e. The number of rotatable bonds is 1. The van der Waals surface area contributed by atoms with Crippen molar-refractivity contribution < 1.29 is 14.7 Å². The van der Waals surface area contributed by atoms with E-state index in [0.29, 0.717) is 18.9 Å². The van der Waals surface area contributed by atoms with Crippen LogP contribution in [-0.4, -0.2) is 53.6 Å². The van der Waals surface area contributed by atoms with Crippen LogP contribution in [0.5, 0.6) is 0 Å². The van der Waals surface area contributed by atoms with Crippen molar-refractivity contribution in [1.82, 2.24) is 9.80 Å². The Morgan fingerprint density at radius 1 is 1.40 bits per heavy atom. The Kier molecular flexibility index (Phi) is 3.55. The highest BCUT2D eigenvalue weighted by Crippen LogP contribution is 2.23. The summed E-state index contributed by atoms with van der Waals surface area (Å²) in [6.45, 7) is 2.56. The fourth-order valence-electron chi connectivity index (χ4n) is 1.86. The lowest BCUT2D eigenvalue weighted by atomic mass is 9.93. The summed E-state index contributed by atoms with van der Waals surface area (Å²) >= 11 is 0. The van der Waals surface area contributed by atoms with E-state index in [2.05, 4.69) is 0 Å². The number of carbonyl (C=O) groups excluding carboxylic acids is 1. The van der Waals surface area contributed by atoms with Crippen molar-refractivity contribution in [3.63, 3.8) is 0 Å². The van der Waals surface area contributed by atoms with Gasteiger partial charge in [-0.3, -0.25) is 0 Å². The number of hydrogen-bond donors (Lipinski definition) is 1. The molecule has 0 bridgehead atoms. The van der Waals surface area contributed by atoms with E-state index < -0.39 is 12.0 Å². The van der Waals surface area contributed by atoms with E-state index in [4.69, 9.17) is 5.11 Å². The van der Waals surface area contributed by atoms with Gasteiger partial charge in [0.25, 0.3) is 0 Å². The second-order valence-electron chi connectivity index (χ2n) is 4.35. The van der Waals surface area contributed by atoms with Gasteiger partial charge in [-0.2, -0.15) is 0 Å². The van der Waals surface area contributed by atoms with E-state index in [1.807, 2.05) is 6.92 Å². The lowest BCUT2D eigenvalue weighted by Crippen LogP contribution is -2.52. The summed E-state index contributed by atoms with van der Waals surface area (Å²) in [4.78, 5) is 25.6. The van der Waals surface area contributed by atoms with Gasteiger partial charge in [-0.05, 0) is 18.8 Å². The molecule has 0 spiro atoms. The molecule has 15 heavy (non-hydrogen) atoms. The lowest BCUT2D eigenvalue weighted by molar-refractivity contribution is -0.144. The van der Waals surface area contributed by atoms with Gasteiger partial charge in [0.15, 0.2) is 0 Å². The van der Waals surface area contributed by atoms with Crippen LogP contribution < -0.4 is 0 Å². The maximum atomic E-state index is 11.7. The lowest BCUT2D eigenvalue weighted by Gasteiger charge is -2.37. The number of carboxylic acid groups (broad SMARTS) is 1. The molecule has 1 fully saturated rings. The Morgan fingerprint density at radius 3 is 2.47 bits per heavy atom. The van der Waals surface area contributed by atoms with Crippen LogP contribution in [0.4, 0.5) is 4.79 Å². The second kappa shape index (κ2) is 4.51. The van der Waals surface area contributed by atoms with Crippen molar-refractivity contribution >= 4 is 12.0 Å². The average Bonchev–Trinajstić information content (AvgIpc) is 2.16. The Hall–Kier alpha value is -1.26. The van der Waals surface area contributed by atoms with Gasteiger partial charge in [-0.1, -0.05) is 6.92 Å². The zero-order chi connectivity index (χ0) is 11.6. The first-order chi connectivity index (χ1) is 6.93. The molecular formula is C10H18N2O3. The van der Waals surface area contributed by atoms with Crippen LogP contribution in [0, 0.1) is 5.92 Å². The second-order valence-corrected chi connectivity index (χ2v) is 4.35. The third-order valence-electron chi connectivity index (χ3n) is 2.78. The number of nitrogens with zero attached hydrogens (tertiary/aromatic N) is 2. The van der Waals surface area contributed by atoms with Crippen LogP contribution in [-0.2, 0) is 4.79 Å². The van der Waals surface area contributed by atoms with Gasteiger partial charge < -0.3 is 14.9 Å². The molecule has 0 radical (unpaired) electrons. The number of aliphatic carboxylic acids is 1. The Bertz CT molecular complexity index is 265. The fraction of sp³-hybridized carbons (Fsp3) is 0.800. The van der Waals surface area contributed by atoms with Crippen LogP contribution in [0.3, 0.4) is 0 Å². The predicted molar refractivity (Wildman–Crippen MR) is 55.6 cm³/mol. The summed E-state index contributed by atoms with van der Waals surface area (Å²) in [5.41, 5.74) is 0. The number of carbonyl (C=O) groups is 2. The van der Waals surface area contributed by atoms with Gasteiger partial charge in [-0.25, -0.2) is 9.59 Å². The first kappa shape index (κ1) is 11.8. The topological polar surface area (TPSA) is 60.9 Å². The average molecular weight is 214 g/mol. The standard InChI is InChI=1S/C10H18N2O3/c1-7-4-5-12(10(15)11(2)3)8(6-7)9(13)14/h7-8H,4-6H2,1-3H3,(H,13,14). The van der Waals surface area contributed by atoms with Crippen molar-refractivity contribution in [3.8, 4) is 0 Å². The van der Waals surface area contributed by atoms with E-state index in [0.717, 1.165) is 6.42 Å². The van der Waals surface area contributed by atoms with E-state index >= 15 is 0 Å². The van der Waals surface area contributed by atoms with Crippen molar-refractivity contribution in [2.45, 2.75) is 25.8 Å². The normalized spacial score (nSPS) is 26.2. The molecular weight excluding hydrogens is 196 g/mol. The Morgan fingerprint density at radius 2 is 2.00 bits per heavy atom. The maximum absolute atomic E-state index is 11.7. The summed E-state index contributed by atoms with van der Waals surface area (Å²) in [5, 5.41) is 9.04. The molecule has 0 aromatic carbocycles. The van der Waals surface area contributed by atoms with Crippen LogP contribution in [0.25, 0.3) is 0 Å². The van der Waals surface area contributed by atoms with Gasteiger partial charge >= 0.3 is 12.0 Å². The number of urea groups is 1. The summed E-state index contributed by atoms with van der Waals surface area (Å²) in [6.07, 6.45) is 1.43. The van der Waals surface area contributed by atoms with Gasteiger partial charge in [0.05, 0.1) is 0 Å². The van der Waals surface area contributed by atoms with Crippen molar-refractivity contribution in [2.24, 2.45) is 5.92 Å². The quantitative estimate of drug-likeness (QED) is 0.704. The fourth-order valence-corrected chi connectivity index (χ4v) is 1.86. The van der Waals surface area contributed by atoms with E-state index in [1.165, 1.54) is 9.80 Å². The molecule has 5 heteroatoms. The molecule has 0 aromatic heterocycles. The minimum Gasteiger partial charge on any atom is -0.480 e. The van der Waals surface area contributed by atoms with Crippen molar-refractivity contribution in [2.75, 3.05) is 20.6 Å². The zero-order valence-corrected chi connectivity index (χ0v) is 9.43. The number of hydrogen-bond acceptors (Lipinski definition) is 2. The zero-order valence-electron chi connectivity index (χ0n) is 9.43. The van der Waals surface area contributed by atoms with Crippen molar-refractivity contribution in [3.05, 3.63) is 0 Å². The molecule has 2 amide bonds. The summed E-state index contributed by atoms with van der Waals surface area (Å²) < 4.78 is 0. The van der Waals surface area contributed by atoms with Gasteiger partial charge in [0.2, 0.25) is 0 Å². The maximum Gasteiger partial charge on any atom is 0.326 e. The number of carboxylic acids is 1. The molecule has 1 aliphatic rings. The molecule has 1 heterocycles. The summed E-state index contributed by atoms with van der Waals surface area (Å²) in [6, 6.07) is -0.877. The van der Waals surface area contributed by atoms with Gasteiger partial charge in [0.1, 0.15) is 6.04 Å². The number of amides is 2. The van der Waals surface area contributed by atoms with Crippen LogP contribution in [0.1, 0.15) is 19.8 Å². The Balaban J connectivity index is 2.77.